The number of aliphatic hydroxyl groups excluding tert-OH is 1. The molecule has 0 radical (unpaired) electrons. The summed E-state index contributed by atoms with van der Waals surface area (Å²) in [5, 5.41) is 9.24. The molecule has 0 heterocycles. The first-order valence-electron chi connectivity index (χ1n) is 6.81. The Morgan fingerprint density at radius 1 is 1.32 bits per heavy atom. The van der Waals surface area contributed by atoms with Gasteiger partial charge >= 0.3 is 0 Å². The summed E-state index contributed by atoms with van der Waals surface area (Å²) in [5.74, 6) is 0.252. The van der Waals surface area contributed by atoms with E-state index < -0.39 is 0 Å². The van der Waals surface area contributed by atoms with Crippen LogP contribution in [0, 0.1) is 5.92 Å². The summed E-state index contributed by atoms with van der Waals surface area (Å²) in [7, 11) is 1.84. The average Bonchev–Trinajstić information content (AvgIpc) is 2.98. The number of carbonyl (C=O) groups is 1. The van der Waals surface area contributed by atoms with Gasteiger partial charge in [-0.1, -0.05) is 42.5 Å². The van der Waals surface area contributed by atoms with Crippen LogP contribution in [-0.4, -0.2) is 29.6 Å². The van der Waals surface area contributed by atoms with Gasteiger partial charge in [-0.05, 0) is 24.8 Å². The monoisotopic (exact) mass is 259 g/mol. The van der Waals surface area contributed by atoms with E-state index in [4.69, 9.17) is 0 Å². The maximum absolute atomic E-state index is 12.4. The minimum absolute atomic E-state index is 0.0423. The fraction of sp³-hybridized carbons (Fsp3) is 0.438. The molecule has 0 bridgehead atoms. The third-order valence-electron chi connectivity index (χ3n) is 3.76. The third-order valence-corrected chi connectivity index (χ3v) is 3.76. The second-order valence-corrected chi connectivity index (χ2v) is 5.03. The van der Waals surface area contributed by atoms with Crippen LogP contribution in [0.15, 0.2) is 42.5 Å². The Morgan fingerprint density at radius 2 is 1.95 bits per heavy atom. The molecule has 2 rings (SSSR count). The molecule has 0 aliphatic heterocycles. The predicted molar refractivity (Wildman–Crippen MR) is 75.5 cm³/mol. The molecule has 1 aromatic rings. The van der Waals surface area contributed by atoms with Crippen molar-refractivity contribution in [2.24, 2.45) is 5.92 Å². The van der Waals surface area contributed by atoms with Crippen LogP contribution in [0.1, 0.15) is 30.9 Å². The molecule has 19 heavy (non-hydrogen) atoms. The first-order chi connectivity index (χ1) is 9.24. The Balaban J connectivity index is 2.12. The molecule has 1 aliphatic rings. The van der Waals surface area contributed by atoms with Crippen molar-refractivity contribution in [1.82, 2.24) is 4.90 Å². The van der Waals surface area contributed by atoms with E-state index in [1.54, 1.807) is 4.90 Å². The maximum Gasteiger partial charge on any atom is 0.226 e. The molecule has 1 aromatic carbocycles. The van der Waals surface area contributed by atoms with E-state index >= 15 is 0 Å². The number of allylic oxidation sites excluding steroid dienone is 2. The van der Waals surface area contributed by atoms with Crippen molar-refractivity contribution in [2.45, 2.75) is 25.3 Å². The zero-order chi connectivity index (χ0) is 13.7. The molecule has 1 aliphatic carbocycles. The maximum atomic E-state index is 12.4. The Morgan fingerprint density at radius 3 is 2.53 bits per heavy atom. The van der Waals surface area contributed by atoms with Crippen molar-refractivity contribution in [3.63, 3.8) is 0 Å². The van der Waals surface area contributed by atoms with Gasteiger partial charge in [0.05, 0.1) is 6.04 Å². The average molecular weight is 259 g/mol. The van der Waals surface area contributed by atoms with Gasteiger partial charge in [0.25, 0.3) is 0 Å². The lowest BCUT2D eigenvalue weighted by Crippen LogP contribution is -2.35. The Hall–Kier alpha value is -1.61. The van der Waals surface area contributed by atoms with Gasteiger partial charge in [0.2, 0.25) is 5.91 Å². The Labute approximate surface area is 114 Å². The molecular formula is C16H21NO2. The predicted octanol–water partition coefficient (Wildman–Crippen LogP) is 2.53. The van der Waals surface area contributed by atoms with Gasteiger partial charge in [0.1, 0.15) is 0 Å². The minimum atomic E-state index is -0.0423. The van der Waals surface area contributed by atoms with E-state index in [-0.39, 0.29) is 24.5 Å². The molecule has 0 saturated heterocycles. The summed E-state index contributed by atoms with van der Waals surface area (Å²) >= 11 is 0. The second-order valence-electron chi connectivity index (χ2n) is 5.03. The molecule has 0 fully saturated rings. The molecule has 1 amide bonds. The molecule has 1 unspecified atom stereocenters. The third kappa shape index (κ3) is 3.24. The van der Waals surface area contributed by atoms with Gasteiger partial charge < -0.3 is 10.0 Å². The molecule has 3 heteroatoms. The molecular weight excluding hydrogens is 238 g/mol. The molecule has 3 nitrogen and oxygen atoms in total. The van der Waals surface area contributed by atoms with E-state index in [1.807, 2.05) is 37.4 Å². The number of benzene rings is 1. The summed E-state index contributed by atoms with van der Waals surface area (Å²) in [5.41, 5.74) is 1.08. The number of amides is 1. The molecule has 0 spiro atoms. The fourth-order valence-electron chi connectivity index (χ4n) is 2.64. The van der Waals surface area contributed by atoms with E-state index in [1.165, 1.54) is 0 Å². The SMILES string of the molecule is CN(C(=O)C1CC=CC1)C(CCO)c1ccccc1. The van der Waals surface area contributed by atoms with Crippen LogP contribution in [0.25, 0.3) is 0 Å². The first kappa shape index (κ1) is 13.8. The summed E-state index contributed by atoms with van der Waals surface area (Å²) in [6, 6.07) is 9.87. The highest BCUT2D eigenvalue weighted by molar-refractivity contribution is 5.79. The summed E-state index contributed by atoms with van der Waals surface area (Å²) in [6.07, 6.45) is 6.39. The normalized spacial score (nSPS) is 16.5. The highest BCUT2D eigenvalue weighted by Crippen LogP contribution is 2.27. The lowest BCUT2D eigenvalue weighted by atomic mass is 9.99. The lowest BCUT2D eigenvalue weighted by Gasteiger charge is -2.30. The van der Waals surface area contributed by atoms with E-state index in [0.717, 1.165) is 18.4 Å². The minimum Gasteiger partial charge on any atom is -0.396 e. The van der Waals surface area contributed by atoms with Crippen molar-refractivity contribution in [3.05, 3.63) is 48.0 Å². The number of carbonyl (C=O) groups excluding carboxylic acids is 1. The highest BCUT2D eigenvalue weighted by atomic mass is 16.3. The van der Waals surface area contributed by atoms with Crippen molar-refractivity contribution in [3.8, 4) is 0 Å². The van der Waals surface area contributed by atoms with Crippen LogP contribution in [0.2, 0.25) is 0 Å². The van der Waals surface area contributed by atoms with Gasteiger partial charge in [0, 0.05) is 19.6 Å². The van der Waals surface area contributed by atoms with Crippen molar-refractivity contribution >= 4 is 5.91 Å². The molecule has 0 saturated carbocycles. The Kier molecular flexibility index (Phi) is 4.74. The summed E-state index contributed by atoms with van der Waals surface area (Å²) < 4.78 is 0. The number of aliphatic hydroxyl groups is 1. The van der Waals surface area contributed by atoms with Gasteiger partial charge in [-0.15, -0.1) is 0 Å². The summed E-state index contributed by atoms with van der Waals surface area (Å²) in [4.78, 5) is 14.2. The van der Waals surface area contributed by atoms with E-state index in [0.29, 0.717) is 6.42 Å². The first-order valence-corrected chi connectivity index (χ1v) is 6.81. The lowest BCUT2D eigenvalue weighted by molar-refractivity contribution is -0.136. The van der Waals surface area contributed by atoms with Gasteiger partial charge in [-0.25, -0.2) is 0 Å². The molecule has 1 N–H and O–H groups in total. The quantitative estimate of drug-likeness (QED) is 0.825. The standard InChI is InChI=1S/C16H21NO2/c1-17(16(19)14-9-5-6-10-14)15(11-12-18)13-7-3-2-4-8-13/h2-8,14-15,18H,9-12H2,1H3. The molecule has 0 aromatic heterocycles. The van der Waals surface area contributed by atoms with E-state index in [2.05, 4.69) is 12.2 Å². The smallest absolute Gasteiger partial charge is 0.226 e. The van der Waals surface area contributed by atoms with Crippen LogP contribution >= 0.6 is 0 Å². The van der Waals surface area contributed by atoms with Crippen molar-refractivity contribution in [2.75, 3.05) is 13.7 Å². The topological polar surface area (TPSA) is 40.5 Å². The number of nitrogens with zero attached hydrogens (tertiary/aromatic N) is 1. The van der Waals surface area contributed by atoms with Crippen molar-refractivity contribution in [1.29, 1.82) is 0 Å². The highest BCUT2D eigenvalue weighted by Gasteiger charge is 2.27. The fourth-order valence-corrected chi connectivity index (χ4v) is 2.64. The van der Waals surface area contributed by atoms with Crippen LogP contribution in [0.4, 0.5) is 0 Å². The number of rotatable bonds is 5. The molecule has 1 atom stereocenters. The van der Waals surface area contributed by atoms with Gasteiger partial charge in [-0.2, -0.15) is 0 Å². The zero-order valence-corrected chi connectivity index (χ0v) is 11.3. The van der Waals surface area contributed by atoms with Crippen molar-refractivity contribution < 1.29 is 9.90 Å². The molecule has 102 valence electrons. The number of hydrogen-bond acceptors (Lipinski definition) is 2. The van der Waals surface area contributed by atoms with Crippen LogP contribution in [0.3, 0.4) is 0 Å². The van der Waals surface area contributed by atoms with Crippen LogP contribution in [-0.2, 0) is 4.79 Å². The van der Waals surface area contributed by atoms with Crippen LogP contribution < -0.4 is 0 Å². The zero-order valence-electron chi connectivity index (χ0n) is 11.3. The van der Waals surface area contributed by atoms with Crippen LogP contribution in [0.5, 0.6) is 0 Å². The van der Waals surface area contributed by atoms with Gasteiger partial charge in [0.15, 0.2) is 0 Å². The number of hydrogen-bond donors (Lipinski definition) is 1. The second kappa shape index (κ2) is 6.53. The Bertz CT molecular complexity index is 433. The summed E-state index contributed by atoms with van der Waals surface area (Å²) in [6.45, 7) is 0.0834. The largest absolute Gasteiger partial charge is 0.396 e. The van der Waals surface area contributed by atoms with E-state index in [9.17, 15) is 9.90 Å². The van der Waals surface area contributed by atoms with Gasteiger partial charge in [-0.3, -0.25) is 4.79 Å².